The smallest absolute Gasteiger partial charge is 0.0382 e. The Hall–Kier alpha value is -1.60. The lowest BCUT2D eigenvalue weighted by Gasteiger charge is -2.25. The maximum atomic E-state index is 2.28. The van der Waals surface area contributed by atoms with Crippen LogP contribution in [0, 0.1) is 0 Å². The summed E-state index contributed by atoms with van der Waals surface area (Å²) in [5.74, 6) is 0. The summed E-state index contributed by atoms with van der Waals surface area (Å²) in [7, 11) is 4.28. The lowest BCUT2D eigenvalue weighted by Crippen LogP contribution is -2.21. The molecule has 0 aromatic heterocycles. The van der Waals surface area contributed by atoms with Crippen LogP contribution >= 0.6 is 0 Å². The standard InChI is InChI=1S/C16H19N/c1-17(2)16(15-11-7-4-8-12-15)13-14-9-5-3-6-10-14/h3-12,16H,13H2,1-2H3/t16-/m0/s1. The van der Waals surface area contributed by atoms with Crippen LogP contribution in [0.15, 0.2) is 60.7 Å². The highest BCUT2D eigenvalue weighted by molar-refractivity contribution is 5.23. The summed E-state index contributed by atoms with van der Waals surface area (Å²) < 4.78 is 0. The second-order valence-corrected chi connectivity index (χ2v) is 4.58. The van der Waals surface area contributed by atoms with Crippen LogP contribution in [0.1, 0.15) is 17.2 Å². The van der Waals surface area contributed by atoms with Gasteiger partial charge < -0.3 is 4.90 Å². The fraction of sp³-hybridized carbons (Fsp3) is 0.250. The van der Waals surface area contributed by atoms with Gasteiger partial charge in [-0.2, -0.15) is 0 Å². The highest BCUT2D eigenvalue weighted by atomic mass is 15.1. The van der Waals surface area contributed by atoms with Crippen molar-refractivity contribution >= 4 is 0 Å². The molecular weight excluding hydrogens is 206 g/mol. The summed E-state index contributed by atoms with van der Waals surface area (Å²) in [5, 5.41) is 0. The molecule has 1 heteroatoms. The molecule has 2 aromatic rings. The molecule has 0 spiro atoms. The first-order chi connectivity index (χ1) is 8.27. The zero-order valence-corrected chi connectivity index (χ0v) is 10.5. The van der Waals surface area contributed by atoms with Gasteiger partial charge in [0, 0.05) is 6.04 Å². The molecule has 0 radical (unpaired) electrons. The van der Waals surface area contributed by atoms with E-state index in [0.717, 1.165) is 6.42 Å². The van der Waals surface area contributed by atoms with E-state index in [4.69, 9.17) is 0 Å². The van der Waals surface area contributed by atoms with Gasteiger partial charge in [-0.05, 0) is 31.6 Å². The molecule has 0 fully saturated rings. The van der Waals surface area contributed by atoms with E-state index in [1.54, 1.807) is 0 Å². The van der Waals surface area contributed by atoms with Crippen LogP contribution in [0.25, 0.3) is 0 Å². The normalized spacial score (nSPS) is 12.6. The van der Waals surface area contributed by atoms with Crippen molar-refractivity contribution in [3.63, 3.8) is 0 Å². The molecule has 0 saturated heterocycles. The number of hydrogen-bond acceptors (Lipinski definition) is 1. The number of benzene rings is 2. The second kappa shape index (κ2) is 5.65. The number of likely N-dealkylation sites (N-methyl/N-ethyl adjacent to an activating group) is 1. The summed E-state index contributed by atoms with van der Waals surface area (Å²) in [4.78, 5) is 2.28. The Morgan fingerprint density at radius 1 is 0.824 bits per heavy atom. The summed E-state index contributed by atoms with van der Waals surface area (Å²) in [6.07, 6.45) is 1.05. The van der Waals surface area contributed by atoms with E-state index in [1.807, 2.05) is 0 Å². The minimum Gasteiger partial charge on any atom is -0.302 e. The van der Waals surface area contributed by atoms with Crippen LogP contribution in [0.5, 0.6) is 0 Å². The number of hydrogen-bond donors (Lipinski definition) is 0. The van der Waals surface area contributed by atoms with E-state index in [9.17, 15) is 0 Å². The Balaban J connectivity index is 2.20. The molecule has 2 aromatic carbocycles. The van der Waals surface area contributed by atoms with Crippen LogP contribution in [-0.4, -0.2) is 19.0 Å². The molecule has 17 heavy (non-hydrogen) atoms. The molecule has 88 valence electrons. The molecule has 0 amide bonds. The highest BCUT2D eigenvalue weighted by Gasteiger charge is 2.13. The van der Waals surface area contributed by atoms with Crippen molar-refractivity contribution in [1.82, 2.24) is 4.90 Å². The fourth-order valence-electron chi connectivity index (χ4n) is 2.11. The third-order valence-corrected chi connectivity index (χ3v) is 3.08. The Morgan fingerprint density at radius 3 is 1.88 bits per heavy atom. The molecule has 0 heterocycles. The predicted octanol–water partition coefficient (Wildman–Crippen LogP) is 3.53. The first-order valence-electron chi connectivity index (χ1n) is 6.02. The summed E-state index contributed by atoms with van der Waals surface area (Å²) in [6, 6.07) is 21.8. The van der Waals surface area contributed by atoms with Crippen LogP contribution in [0.3, 0.4) is 0 Å². The van der Waals surface area contributed by atoms with Gasteiger partial charge in [0.25, 0.3) is 0 Å². The van der Waals surface area contributed by atoms with Gasteiger partial charge in [0.05, 0.1) is 0 Å². The van der Waals surface area contributed by atoms with Crippen molar-refractivity contribution in [2.75, 3.05) is 14.1 Å². The van der Waals surface area contributed by atoms with Gasteiger partial charge >= 0.3 is 0 Å². The van der Waals surface area contributed by atoms with Crippen molar-refractivity contribution in [3.8, 4) is 0 Å². The lowest BCUT2D eigenvalue weighted by molar-refractivity contribution is 0.297. The maximum absolute atomic E-state index is 2.28. The molecule has 0 N–H and O–H groups in total. The Morgan fingerprint density at radius 2 is 1.35 bits per heavy atom. The van der Waals surface area contributed by atoms with Gasteiger partial charge in [0.15, 0.2) is 0 Å². The first kappa shape index (κ1) is 11.9. The first-order valence-corrected chi connectivity index (χ1v) is 6.02. The minimum atomic E-state index is 0.443. The average Bonchev–Trinajstić information content (AvgIpc) is 2.38. The lowest BCUT2D eigenvalue weighted by atomic mass is 9.98. The van der Waals surface area contributed by atoms with E-state index in [-0.39, 0.29) is 0 Å². The highest BCUT2D eigenvalue weighted by Crippen LogP contribution is 2.22. The van der Waals surface area contributed by atoms with E-state index < -0.39 is 0 Å². The maximum Gasteiger partial charge on any atom is 0.0382 e. The SMILES string of the molecule is CN(C)[C@@H](Cc1ccccc1)c1ccccc1. The average molecular weight is 225 g/mol. The third kappa shape index (κ3) is 3.18. The summed E-state index contributed by atoms with van der Waals surface area (Å²) in [5.41, 5.74) is 2.76. The summed E-state index contributed by atoms with van der Waals surface area (Å²) >= 11 is 0. The van der Waals surface area contributed by atoms with Gasteiger partial charge in [0.1, 0.15) is 0 Å². The van der Waals surface area contributed by atoms with Gasteiger partial charge in [-0.15, -0.1) is 0 Å². The van der Waals surface area contributed by atoms with Gasteiger partial charge in [-0.1, -0.05) is 60.7 Å². The molecule has 0 unspecified atom stereocenters. The molecule has 1 nitrogen and oxygen atoms in total. The number of rotatable bonds is 4. The van der Waals surface area contributed by atoms with Crippen LogP contribution in [0.2, 0.25) is 0 Å². The Labute approximate surface area is 104 Å². The topological polar surface area (TPSA) is 3.24 Å². The molecule has 0 aliphatic carbocycles. The molecule has 2 rings (SSSR count). The second-order valence-electron chi connectivity index (χ2n) is 4.58. The van der Waals surface area contributed by atoms with E-state index in [2.05, 4.69) is 79.7 Å². The van der Waals surface area contributed by atoms with Crippen molar-refractivity contribution in [1.29, 1.82) is 0 Å². The van der Waals surface area contributed by atoms with Crippen LogP contribution in [0.4, 0.5) is 0 Å². The zero-order valence-electron chi connectivity index (χ0n) is 10.5. The Kier molecular flexibility index (Phi) is 3.94. The van der Waals surface area contributed by atoms with Gasteiger partial charge in [0.2, 0.25) is 0 Å². The number of nitrogens with zero attached hydrogens (tertiary/aromatic N) is 1. The van der Waals surface area contributed by atoms with Gasteiger partial charge in [-0.25, -0.2) is 0 Å². The largest absolute Gasteiger partial charge is 0.302 e. The fourth-order valence-corrected chi connectivity index (χ4v) is 2.11. The monoisotopic (exact) mass is 225 g/mol. The molecule has 0 aliphatic rings. The molecule has 0 saturated carbocycles. The van der Waals surface area contributed by atoms with Crippen LogP contribution < -0.4 is 0 Å². The van der Waals surface area contributed by atoms with E-state index >= 15 is 0 Å². The van der Waals surface area contributed by atoms with E-state index in [1.165, 1.54) is 11.1 Å². The van der Waals surface area contributed by atoms with Crippen molar-refractivity contribution in [3.05, 3.63) is 71.8 Å². The third-order valence-electron chi connectivity index (χ3n) is 3.08. The molecule has 1 atom stereocenters. The van der Waals surface area contributed by atoms with Crippen molar-refractivity contribution in [2.45, 2.75) is 12.5 Å². The molecular formula is C16H19N. The summed E-state index contributed by atoms with van der Waals surface area (Å²) in [6.45, 7) is 0. The predicted molar refractivity (Wildman–Crippen MR) is 73.0 cm³/mol. The molecule has 0 bridgehead atoms. The zero-order chi connectivity index (χ0) is 12.1. The molecule has 0 aliphatic heterocycles. The van der Waals surface area contributed by atoms with Crippen LogP contribution in [-0.2, 0) is 6.42 Å². The Bertz CT molecular complexity index is 434. The minimum absolute atomic E-state index is 0.443. The van der Waals surface area contributed by atoms with Crippen molar-refractivity contribution in [2.24, 2.45) is 0 Å². The quantitative estimate of drug-likeness (QED) is 0.769. The van der Waals surface area contributed by atoms with Gasteiger partial charge in [-0.3, -0.25) is 0 Å². The van der Waals surface area contributed by atoms with E-state index in [0.29, 0.717) is 6.04 Å². The van der Waals surface area contributed by atoms with Crippen molar-refractivity contribution < 1.29 is 0 Å².